The zero-order chi connectivity index (χ0) is 12.3. The van der Waals surface area contributed by atoms with E-state index in [4.69, 9.17) is 16.3 Å². The molecule has 1 fully saturated rings. The number of carbonyl (C=O) groups excluding carboxylic acids is 1. The third-order valence-corrected chi connectivity index (χ3v) is 4.03. The summed E-state index contributed by atoms with van der Waals surface area (Å²) in [4.78, 5) is 13.0. The summed E-state index contributed by atoms with van der Waals surface area (Å²) in [5.41, 5.74) is 0. The molecular weight excluding hydrogens is 260 g/mol. The monoisotopic (exact) mass is 274 g/mol. The topological polar surface area (TPSA) is 50.4 Å². The molecule has 2 unspecified atom stereocenters. The van der Waals surface area contributed by atoms with Crippen molar-refractivity contribution in [3.05, 3.63) is 21.3 Å². The maximum absolute atomic E-state index is 11.9. The number of carbonyl (C=O) groups is 1. The lowest BCUT2D eigenvalue weighted by Crippen LogP contribution is -2.51. The van der Waals surface area contributed by atoms with Gasteiger partial charge in [-0.25, -0.2) is 0 Å². The van der Waals surface area contributed by atoms with Crippen molar-refractivity contribution in [2.45, 2.75) is 19.0 Å². The maximum atomic E-state index is 11.9. The number of rotatable bonds is 3. The molecule has 0 bridgehead atoms. The minimum absolute atomic E-state index is 0.0243. The molecule has 2 rings (SSSR count). The van der Waals surface area contributed by atoms with Crippen molar-refractivity contribution in [2.24, 2.45) is 0 Å². The van der Waals surface area contributed by atoms with Crippen molar-refractivity contribution >= 4 is 28.8 Å². The number of hydrogen-bond acceptors (Lipinski definition) is 4. The lowest BCUT2D eigenvalue weighted by Gasteiger charge is -2.24. The molecule has 1 aliphatic rings. The van der Waals surface area contributed by atoms with Crippen LogP contribution in [0.5, 0.6) is 0 Å². The summed E-state index contributed by atoms with van der Waals surface area (Å²) in [6.45, 7) is 3.77. The molecule has 1 amide bonds. The molecule has 0 spiro atoms. The van der Waals surface area contributed by atoms with E-state index in [0.717, 1.165) is 15.8 Å². The second kappa shape index (κ2) is 5.82. The van der Waals surface area contributed by atoms with Gasteiger partial charge in [0, 0.05) is 11.4 Å². The van der Waals surface area contributed by atoms with Gasteiger partial charge in [-0.3, -0.25) is 4.79 Å². The first-order chi connectivity index (χ1) is 8.16. The molecule has 0 radical (unpaired) electrons. The van der Waals surface area contributed by atoms with Gasteiger partial charge in [0.2, 0.25) is 5.91 Å². The quantitative estimate of drug-likeness (QED) is 0.880. The van der Waals surface area contributed by atoms with Gasteiger partial charge in [-0.15, -0.1) is 11.3 Å². The summed E-state index contributed by atoms with van der Waals surface area (Å²) >= 11 is 7.35. The number of halogens is 1. The minimum Gasteiger partial charge on any atom is -0.378 e. The number of amides is 1. The summed E-state index contributed by atoms with van der Waals surface area (Å²) in [5.74, 6) is -0.0262. The van der Waals surface area contributed by atoms with E-state index in [2.05, 4.69) is 10.6 Å². The highest BCUT2D eigenvalue weighted by molar-refractivity contribution is 7.16. The van der Waals surface area contributed by atoms with Gasteiger partial charge in [-0.05, 0) is 19.1 Å². The number of ether oxygens (including phenoxy) is 1. The molecule has 1 aromatic heterocycles. The summed E-state index contributed by atoms with van der Waals surface area (Å²) in [7, 11) is 0. The highest BCUT2D eigenvalue weighted by atomic mass is 35.5. The van der Waals surface area contributed by atoms with Crippen LogP contribution in [0.1, 0.15) is 17.8 Å². The van der Waals surface area contributed by atoms with Gasteiger partial charge in [-0.2, -0.15) is 0 Å². The van der Waals surface area contributed by atoms with Crippen LogP contribution in [-0.4, -0.2) is 31.7 Å². The van der Waals surface area contributed by atoms with Crippen LogP contribution >= 0.6 is 22.9 Å². The molecule has 2 N–H and O–H groups in total. The number of nitrogens with one attached hydrogen (secondary N) is 2. The lowest BCUT2D eigenvalue weighted by molar-refractivity contribution is -0.126. The van der Waals surface area contributed by atoms with E-state index >= 15 is 0 Å². The van der Waals surface area contributed by atoms with Gasteiger partial charge in [0.1, 0.15) is 6.04 Å². The fourth-order valence-electron chi connectivity index (χ4n) is 1.68. The maximum Gasteiger partial charge on any atom is 0.240 e. The average molecular weight is 275 g/mol. The summed E-state index contributed by atoms with van der Waals surface area (Å²) < 4.78 is 5.99. The van der Waals surface area contributed by atoms with Crippen LogP contribution in [0.3, 0.4) is 0 Å². The van der Waals surface area contributed by atoms with E-state index in [0.29, 0.717) is 13.2 Å². The molecule has 0 saturated carbocycles. The molecule has 17 heavy (non-hydrogen) atoms. The normalized spacial score (nSPS) is 22.1. The van der Waals surface area contributed by atoms with E-state index in [9.17, 15) is 4.79 Å². The Kier molecular flexibility index (Phi) is 4.39. The van der Waals surface area contributed by atoms with Crippen LogP contribution in [0.25, 0.3) is 0 Å². The van der Waals surface area contributed by atoms with Gasteiger partial charge in [0.15, 0.2) is 0 Å². The third-order valence-electron chi connectivity index (χ3n) is 2.62. The van der Waals surface area contributed by atoms with Crippen LogP contribution in [0, 0.1) is 0 Å². The molecule has 94 valence electrons. The van der Waals surface area contributed by atoms with Crippen molar-refractivity contribution in [1.29, 1.82) is 0 Å². The van der Waals surface area contributed by atoms with Crippen LogP contribution in [0.4, 0.5) is 0 Å². The van der Waals surface area contributed by atoms with Crippen LogP contribution in [0.15, 0.2) is 12.1 Å². The number of morpholine rings is 1. The Morgan fingerprint density at radius 2 is 2.53 bits per heavy atom. The molecule has 1 aliphatic heterocycles. The van der Waals surface area contributed by atoms with Crippen LogP contribution < -0.4 is 10.6 Å². The Balaban J connectivity index is 1.89. The fraction of sp³-hybridized carbons (Fsp3) is 0.545. The van der Waals surface area contributed by atoms with Gasteiger partial charge in [-0.1, -0.05) is 11.6 Å². The molecular formula is C11H15ClN2O2S. The van der Waals surface area contributed by atoms with Crippen molar-refractivity contribution in [3.8, 4) is 0 Å². The second-order valence-corrected chi connectivity index (χ2v) is 5.70. The van der Waals surface area contributed by atoms with E-state index in [1.165, 1.54) is 11.3 Å². The van der Waals surface area contributed by atoms with E-state index in [1.54, 1.807) is 0 Å². The van der Waals surface area contributed by atoms with Gasteiger partial charge in [0.05, 0.1) is 23.6 Å². The highest BCUT2D eigenvalue weighted by Gasteiger charge is 2.22. The van der Waals surface area contributed by atoms with Gasteiger partial charge < -0.3 is 15.4 Å². The minimum atomic E-state index is -0.248. The Labute approximate surface area is 109 Å². The average Bonchev–Trinajstić information content (AvgIpc) is 2.77. The highest BCUT2D eigenvalue weighted by Crippen LogP contribution is 2.26. The van der Waals surface area contributed by atoms with E-state index < -0.39 is 0 Å². The van der Waals surface area contributed by atoms with Crippen LogP contribution in [0.2, 0.25) is 4.34 Å². The smallest absolute Gasteiger partial charge is 0.240 e. The van der Waals surface area contributed by atoms with Gasteiger partial charge >= 0.3 is 0 Å². The number of hydrogen-bond donors (Lipinski definition) is 2. The van der Waals surface area contributed by atoms with Gasteiger partial charge in [0.25, 0.3) is 0 Å². The van der Waals surface area contributed by atoms with Crippen LogP contribution in [-0.2, 0) is 9.53 Å². The standard InChI is InChI=1S/C11H15ClN2O2S/c1-7(9-2-3-10(12)17-9)14-11(15)8-6-16-5-4-13-8/h2-3,7-8,13H,4-6H2,1H3,(H,14,15). The molecule has 0 aromatic carbocycles. The predicted octanol–water partition coefficient (Wildman–Crippen LogP) is 1.57. The summed E-state index contributed by atoms with van der Waals surface area (Å²) in [6, 6.07) is 3.50. The third kappa shape index (κ3) is 3.42. The molecule has 2 atom stereocenters. The number of thiophene rings is 1. The molecule has 1 aromatic rings. The summed E-state index contributed by atoms with van der Waals surface area (Å²) in [6.07, 6.45) is 0. The molecule has 1 saturated heterocycles. The van der Waals surface area contributed by atoms with Crippen molar-refractivity contribution in [1.82, 2.24) is 10.6 Å². The van der Waals surface area contributed by atoms with Crippen molar-refractivity contribution in [2.75, 3.05) is 19.8 Å². The lowest BCUT2D eigenvalue weighted by atomic mass is 10.2. The largest absolute Gasteiger partial charge is 0.378 e. The molecule has 0 aliphatic carbocycles. The predicted molar refractivity (Wildman–Crippen MR) is 68.5 cm³/mol. The van der Waals surface area contributed by atoms with Crippen molar-refractivity contribution < 1.29 is 9.53 Å². The van der Waals surface area contributed by atoms with E-state index in [-0.39, 0.29) is 18.0 Å². The first kappa shape index (κ1) is 12.8. The Morgan fingerprint density at radius 3 is 3.12 bits per heavy atom. The summed E-state index contributed by atoms with van der Waals surface area (Å²) in [5, 5.41) is 6.07. The Bertz CT molecular complexity index is 391. The molecule has 6 heteroatoms. The first-order valence-corrected chi connectivity index (χ1v) is 6.73. The molecule has 4 nitrogen and oxygen atoms in total. The zero-order valence-electron chi connectivity index (χ0n) is 9.53. The fourth-order valence-corrected chi connectivity index (χ4v) is 2.74. The first-order valence-electron chi connectivity index (χ1n) is 5.53. The Morgan fingerprint density at radius 1 is 1.71 bits per heavy atom. The SMILES string of the molecule is CC(NC(=O)C1COCCN1)c1ccc(Cl)s1. The molecule has 2 heterocycles. The Hall–Kier alpha value is -0.620. The zero-order valence-corrected chi connectivity index (χ0v) is 11.1. The van der Waals surface area contributed by atoms with E-state index in [1.807, 2.05) is 19.1 Å². The van der Waals surface area contributed by atoms with Crippen molar-refractivity contribution in [3.63, 3.8) is 0 Å². The second-order valence-electron chi connectivity index (χ2n) is 3.95.